The molecule has 1 fully saturated rings. The number of hydrogen-bond acceptors (Lipinski definition) is 6. The first-order valence-corrected chi connectivity index (χ1v) is 14.5. The van der Waals surface area contributed by atoms with Crippen molar-refractivity contribution in [3.8, 4) is 0 Å². The van der Waals surface area contributed by atoms with Crippen LogP contribution in [0.5, 0.6) is 0 Å². The molecule has 3 rings (SSSR count). The molecule has 1 saturated heterocycles. The maximum atomic E-state index is 14.1. The van der Waals surface area contributed by atoms with Crippen LogP contribution in [0.25, 0.3) is 0 Å². The van der Waals surface area contributed by atoms with Crippen LogP contribution < -0.4 is 21.7 Å². The average molecular weight is 552 g/mol. The predicted molar refractivity (Wildman–Crippen MR) is 161 cm³/mol. The van der Waals surface area contributed by atoms with Crippen molar-refractivity contribution in [2.75, 3.05) is 26.7 Å². The van der Waals surface area contributed by atoms with Crippen LogP contribution >= 0.6 is 0 Å². The third-order valence-electron chi connectivity index (χ3n) is 7.80. The fourth-order valence-corrected chi connectivity index (χ4v) is 5.57. The largest absolute Gasteiger partial charge is 0.402 e. The smallest absolute Gasteiger partial charge is 0.315 e. The second kappa shape index (κ2) is 16.0. The minimum absolute atomic E-state index is 0.155. The second-order valence-corrected chi connectivity index (χ2v) is 10.6. The Morgan fingerprint density at radius 1 is 1.25 bits per heavy atom. The summed E-state index contributed by atoms with van der Waals surface area (Å²) in [6, 6.07) is 7.08. The lowest BCUT2D eigenvalue weighted by Gasteiger charge is -2.24. The molecule has 0 radical (unpaired) electrons. The van der Waals surface area contributed by atoms with E-state index in [2.05, 4.69) is 20.9 Å². The first kappa shape index (κ1) is 31.1. The number of benzene rings is 1. The molecule has 0 saturated carbocycles. The minimum atomic E-state index is -0.274. The van der Waals surface area contributed by atoms with Gasteiger partial charge in [-0.25, -0.2) is 9.18 Å². The van der Waals surface area contributed by atoms with Gasteiger partial charge >= 0.3 is 6.03 Å². The molecule has 2 aliphatic rings. The monoisotopic (exact) mass is 551 g/mol. The molecule has 0 aromatic heterocycles. The van der Waals surface area contributed by atoms with Gasteiger partial charge in [-0.15, -0.1) is 0 Å². The Kier molecular flexibility index (Phi) is 12.4. The van der Waals surface area contributed by atoms with Crippen LogP contribution in [0.4, 0.5) is 9.18 Å². The van der Waals surface area contributed by atoms with E-state index in [0.29, 0.717) is 42.5 Å². The van der Waals surface area contributed by atoms with Gasteiger partial charge in [-0.2, -0.15) is 0 Å². The molecule has 1 heterocycles. The molecular formula is C31H46FN7O. The highest BCUT2D eigenvalue weighted by Crippen LogP contribution is 2.25. The Hall–Kier alpha value is -3.46. The van der Waals surface area contributed by atoms with E-state index in [1.165, 1.54) is 12.3 Å². The van der Waals surface area contributed by atoms with Gasteiger partial charge in [0.15, 0.2) is 0 Å². The maximum absolute atomic E-state index is 14.1. The Bertz CT molecular complexity index is 1130. The van der Waals surface area contributed by atoms with E-state index in [-0.39, 0.29) is 24.3 Å². The number of likely N-dealkylation sites (N-methyl/N-ethyl adjacent to an activating group) is 1. The summed E-state index contributed by atoms with van der Waals surface area (Å²) in [5.74, 6) is -0.317. The van der Waals surface area contributed by atoms with Gasteiger partial charge in [-0.1, -0.05) is 43.7 Å². The lowest BCUT2D eigenvalue weighted by Crippen LogP contribution is -2.39. The zero-order valence-electron chi connectivity index (χ0n) is 24.0. The van der Waals surface area contributed by atoms with Gasteiger partial charge in [0.05, 0.1) is 0 Å². The molecular weight excluding hydrogens is 505 g/mol. The fraction of sp³-hybridized carbons (Fsp3) is 0.516. The van der Waals surface area contributed by atoms with Crippen LogP contribution in [0.3, 0.4) is 0 Å². The van der Waals surface area contributed by atoms with E-state index in [1.54, 1.807) is 6.07 Å². The molecule has 1 aliphatic heterocycles. The number of carbonyl (C=O) groups is 1. The van der Waals surface area contributed by atoms with Crippen LogP contribution in [-0.2, 0) is 6.54 Å². The average Bonchev–Trinajstić information content (AvgIpc) is 3.27. The zero-order chi connectivity index (χ0) is 28.9. The summed E-state index contributed by atoms with van der Waals surface area (Å²) in [4.78, 5) is 15.0. The Morgan fingerprint density at radius 2 is 2.05 bits per heavy atom. The number of hydrogen-bond donors (Lipinski definition) is 6. The molecule has 40 heavy (non-hydrogen) atoms. The third-order valence-corrected chi connectivity index (χ3v) is 7.80. The lowest BCUT2D eigenvalue weighted by molar-refractivity contribution is 0.225. The van der Waals surface area contributed by atoms with Gasteiger partial charge in [-0.05, 0) is 57.6 Å². The van der Waals surface area contributed by atoms with Gasteiger partial charge in [0.1, 0.15) is 5.82 Å². The summed E-state index contributed by atoms with van der Waals surface area (Å²) in [6.07, 6.45) is 12.3. The first-order valence-electron chi connectivity index (χ1n) is 14.5. The fourth-order valence-electron chi connectivity index (χ4n) is 5.57. The number of nitrogens with two attached hydrogens (primary N) is 1. The van der Waals surface area contributed by atoms with Crippen molar-refractivity contribution in [2.24, 2.45) is 11.7 Å². The van der Waals surface area contributed by atoms with Crippen LogP contribution in [0, 0.1) is 22.6 Å². The van der Waals surface area contributed by atoms with Crippen molar-refractivity contribution < 1.29 is 9.18 Å². The number of nitrogens with zero attached hydrogens (tertiary/aromatic N) is 1. The van der Waals surface area contributed by atoms with Crippen LogP contribution in [0.1, 0.15) is 63.9 Å². The number of amides is 2. The summed E-state index contributed by atoms with van der Waals surface area (Å²) < 4.78 is 14.1. The number of halogens is 1. The van der Waals surface area contributed by atoms with Gasteiger partial charge < -0.3 is 32.5 Å². The van der Waals surface area contributed by atoms with Crippen LogP contribution in [-0.4, -0.2) is 55.6 Å². The van der Waals surface area contributed by atoms with Gasteiger partial charge in [0.25, 0.3) is 0 Å². The van der Waals surface area contributed by atoms with Crippen molar-refractivity contribution in [3.05, 3.63) is 70.3 Å². The van der Waals surface area contributed by atoms with Crippen molar-refractivity contribution in [2.45, 2.75) is 70.9 Å². The van der Waals surface area contributed by atoms with Gasteiger partial charge in [-0.3, -0.25) is 4.90 Å². The number of carbonyl (C=O) groups excluding carboxylic acids is 1. The summed E-state index contributed by atoms with van der Waals surface area (Å²) in [5.41, 5.74) is 10.5. The third kappa shape index (κ3) is 8.78. The molecule has 218 valence electrons. The van der Waals surface area contributed by atoms with Crippen LogP contribution in [0.2, 0.25) is 0 Å². The Labute approximate surface area is 238 Å². The minimum Gasteiger partial charge on any atom is -0.402 e. The molecule has 2 amide bonds. The SMILES string of the molecule is CCC/C(N)=C(\CNC(=O)NCCCC1CCCN1Cc1ccccc1F)C(=N)C1C=C(NC)C(C=N)=CCC1. The van der Waals surface area contributed by atoms with E-state index in [9.17, 15) is 9.18 Å². The number of urea groups is 1. The normalized spacial score (nSPS) is 20.1. The Balaban J connectivity index is 1.50. The number of likely N-dealkylation sites (tertiary alicyclic amines) is 1. The molecule has 2 unspecified atom stereocenters. The van der Waals surface area contributed by atoms with E-state index in [1.807, 2.05) is 38.3 Å². The van der Waals surface area contributed by atoms with Crippen LogP contribution in [0.15, 0.2) is 59.0 Å². The number of allylic oxidation sites excluding steroid dienone is 4. The molecule has 1 aromatic carbocycles. The lowest BCUT2D eigenvalue weighted by atomic mass is 9.90. The summed E-state index contributed by atoms with van der Waals surface area (Å²) >= 11 is 0. The highest BCUT2D eigenvalue weighted by molar-refractivity contribution is 6.02. The summed E-state index contributed by atoms with van der Waals surface area (Å²) in [6.45, 7) is 4.38. The van der Waals surface area contributed by atoms with Crippen molar-refractivity contribution in [1.29, 1.82) is 10.8 Å². The van der Waals surface area contributed by atoms with Crippen molar-refractivity contribution in [1.82, 2.24) is 20.9 Å². The molecule has 1 aromatic rings. The summed E-state index contributed by atoms with van der Waals surface area (Å²) in [5, 5.41) is 25.6. The molecule has 9 heteroatoms. The molecule has 1 aliphatic carbocycles. The maximum Gasteiger partial charge on any atom is 0.315 e. The van der Waals surface area contributed by atoms with E-state index >= 15 is 0 Å². The molecule has 0 spiro atoms. The van der Waals surface area contributed by atoms with E-state index in [0.717, 1.165) is 68.3 Å². The number of rotatable bonds is 14. The molecule has 0 bridgehead atoms. The Morgan fingerprint density at radius 3 is 2.77 bits per heavy atom. The molecule has 8 nitrogen and oxygen atoms in total. The van der Waals surface area contributed by atoms with E-state index in [4.69, 9.17) is 16.6 Å². The van der Waals surface area contributed by atoms with Crippen molar-refractivity contribution >= 4 is 18.0 Å². The second-order valence-electron chi connectivity index (χ2n) is 10.6. The highest BCUT2D eigenvalue weighted by Gasteiger charge is 2.25. The quantitative estimate of drug-likeness (QED) is 0.144. The number of nitrogens with one attached hydrogen (secondary N) is 5. The first-order chi connectivity index (χ1) is 19.4. The standard InChI is InChI=1S/C31H46FN7O/c1-3-9-28(34)26(30(35)22-11-6-12-23(19-33)29(18-22)36-2)20-38-31(40)37-16-7-13-25-14-8-17-39(25)21-24-10-4-5-15-27(24)32/h4-5,10,12,15,18-19,22,25,33,35-36H,3,6-9,11,13-14,16-17,20-21,34H2,1-2H3,(H2,37,38,40)/b28-26-,33-19?,35-30?. The molecule has 2 atom stereocenters. The van der Waals surface area contributed by atoms with Gasteiger partial charge in [0.2, 0.25) is 0 Å². The predicted octanol–water partition coefficient (Wildman–Crippen LogP) is 4.99. The summed E-state index contributed by atoms with van der Waals surface area (Å²) in [7, 11) is 1.82. The highest BCUT2D eigenvalue weighted by atomic mass is 19.1. The topological polar surface area (TPSA) is 130 Å². The van der Waals surface area contributed by atoms with Crippen molar-refractivity contribution in [3.63, 3.8) is 0 Å². The molecule has 7 N–H and O–H groups in total. The van der Waals surface area contributed by atoms with Gasteiger partial charge in [0, 0.05) is 78.7 Å². The van der Waals surface area contributed by atoms with E-state index < -0.39 is 0 Å². The zero-order valence-corrected chi connectivity index (χ0v) is 24.0.